The highest BCUT2D eigenvalue weighted by atomic mass is 32.2. The lowest BCUT2D eigenvalue weighted by Gasteiger charge is -2.42. The van der Waals surface area contributed by atoms with Crippen molar-refractivity contribution in [2.45, 2.75) is 42.7 Å². The molecule has 0 aromatic heterocycles. The van der Waals surface area contributed by atoms with Crippen molar-refractivity contribution < 1.29 is 23.2 Å². The van der Waals surface area contributed by atoms with Crippen LogP contribution in [0.5, 0.6) is 0 Å². The number of hydrogen-bond acceptors (Lipinski definition) is 6. The molecule has 10 heteroatoms. The van der Waals surface area contributed by atoms with Gasteiger partial charge in [0.2, 0.25) is 10.0 Å². The number of nitrogens with one attached hydrogen (secondary N) is 1. The number of hydrogen-bond donors (Lipinski definition) is 2. The van der Waals surface area contributed by atoms with Crippen LogP contribution < -0.4 is 4.72 Å². The number of nitrogens with zero attached hydrogens (tertiary/aromatic N) is 2. The Morgan fingerprint density at radius 1 is 1.27 bits per heavy atom. The predicted octanol–water partition coefficient (Wildman–Crippen LogP) is 1.20. The Balaban J connectivity index is 1.56. The fraction of sp³-hybridized carbons (Fsp3) is 0.562. The van der Waals surface area contributed by atoms with Gasteiger partial charge in [-0.05, 0) is 43.7 Å². The Hall–Kier alpha value is -2.04. The van der Waals surface area contributed by atoms with Gasteiger partial charge in [0.1, 0.15) is 0 Å². The first-order valence-corrected chi connectivity index (χ1v) is 9.95. The van der Waals surface area contributed by atoms with E-state index in [9.17, 15) is 23.3 Å². The van der Waals surface area contributed by atoms with Crippen LogP contribution in [0.25, 0.3) is 0 Å². The van der Waals surface area contributed by atoms with Crippen molar-refractivity contribution >= 4 is 21.7 Å². The number of carboxylic acid groups (broad SMARTS) is 1. The number of nitro groups is 1. The standard InChI is InChI=1S/C16H21N3O6S/c20-16(21)10-18(9-11-1-2-11)14-7-12(8-14)17-26(24,25)15-5-3-13(4-6-15)19(22)23/h3-6,11-12,14,17H,1-2,7-10H2,(H,20,21). The number of aliphatic carboxylic acids is 1. The molecule has 0 heterocycles. The molecular weight excluding hydrogens is 362 g/mol. The summed E-state index contributed by atoms with van der Waals surface area (Å²) in [5.41, 5.74) is -0.169. The summed E-state index contributed by atoms with van der Waals surface area (Å²) in [6, 6.07) is 4.54. The van der Waals surface area contributed by atoms with E-state index in [2.05, 4.69) is 4.72 Å². The van der Waals surface area contributed by atoms with Crippen LogP contribution in [0.4, 0.5) is 5.69 Å². The van der Waals surface area contributed by atoms with Gasteiger partial charge in [-0.1, -0.05) is 0 Å². The molecule has 0 atom stereocenters. The molecule has 142 valence electrons. The lowest BCUT2D eigenvalue weighted by Crippen LogP contribution is -2.55. The Morgan fingerprint density at radius 2 is 1.88 bits per heavy atom. The smallest absolute Gasteiger partial charge is 0.317 e. The lowest BCUT2D eigenvalue weighted by atomic mass is 9.86. The van der Waals surface area contributed by atoms with Crippen LogP contribution in [0.1, 0.15) is 25.7 Å². The van der Waals surface area contributed by atoms with Gasteiger partial charge in [-0.15, -0.1) is 0 Å². The number of non-ortho nitro benzene ring substituents is 1. The highest BCUT2D eigenvalue weighted by Crippen LogP contribution is 2.34. The van der Waals surface area contributed by atoms with Crippen molar-refractivity contribution in [1.82, 2.24) is 9.62 Å². The number of sulfonamides is 1. The minimum Gasteiger partial charge on any atom is -0.480 e. The number of benzene rings is 1. The maximum Gasteiger partial charge on any atom is 0.317 e. The van der Waals surface area contributed by atoms with E-state index in [0.29, 0.717) is 18.8 Å². The average molecular weight is 383 g/mol. The van der Waals surface area contributed by atoms with Gasteiger partial charge < -0.3 is 5.11 Å². The Labute approximate surface area is 151 Å². The molecule has 0 bridgehead atoms. The molecule has 1 aromatic rings. The van der Waals surface area contributed by atoms with Gasteiger partial charge in [0.05, 0.1) is 16.4 Å². The average Bonchev–Trinajstić information content (AvgIpc) is 3.33. The van der Waals surface area contributed by atoms with Gasteiger partial charge in [-0.25, -0.2) is 13.1 Å². The summed E-state index contributed by atoms with van der Waals surface area (Å²) in [6.45, 7) is 0.724. The van der Waals surface area contributed by atoms with Gasteiger partial charge in [0.25, 0.3) is 5.69 Å². The minimum atomic E-state index is -3.75. The number of rotatable bonds is 9. The third-order valence-electron chi connectivity index (χ3n) is 4.84. The Bertz CT molecular complexity index is 785. The fourth-order valence-electron chi connectivity index (χ4n) is 3.17. The van der Waals surface area contributed by atoms with E-state index in [1.54, 1.807) is 0 Å². The van der Waals surface area contributed by atoms with Crippen LogP contribution in [0, 0.1) is 16.0 Å². The molecule has 0 amide bonds. The van der Waals surface area contributed by atoms with Crippen molar-refractivity contribution in [3.63, 3.8) is 0 Å². The molecule has 2 aliphatic rings. The van der Waals surface area contributed by atoms with Gasteiger partial charge in [-0.3, -0.25) is 19.8 Å². The third-order valence-corrected chi connectivity index (χ3v) is 6.37. The molecule has 1 aromatic carbocycles. The quantitative estimate of drug-likeness (QED) is 0.484. The predicted molar refractivity (Wildman–Crippen MR) is 92.2 cm³/mol. The summed E-state index contributed by atoms with van der Waals surface area (Å²) in [5, 5.41) is 19.7. The molecule has 2 N–H and O–H groups in total. The second-order valence-corrected chi connectivity index (χ2v) is 8.67. The summed E-state index contributed by atoms with van der Waals surface area (Å²) >= 11 is 0. The maximum absolute atomic E-state index is 12.4. The number of nitro benzene ring substituents is 1. The second-order valence-electron chi connectivity index (χ2n) is 6.96. The SMILES string of the molecule is O=C(O)CN(CC1CC1)C1CC(NS(=O)(=O)c2ccc([N+](=O)[O-])cc2)C1. The molecule has 0 unspecified atom stereocenters. The molecule has 9 nitrogen and oxygen atoms in total. The van der Waals surface area contributed by atoms with Gasteiger partial charge in [-0.2, -0.15) is 0 Å². The topological polar surface area (TPSA) is 130 Å². The molecule has 26 heavy (non-hydrogen) atoms. The third kappa shape index (κ3) is 4.57. The molecule has 0 saturated heterocycles. The zero-order chi connectivity index (χ0) is 18.9. The highest BCUT2D eigenvalue weighted by Gasteiger charge is 2.38. The van der Waals surface area contributed by atoms with Crippen LogP contribution in [-0.4, -0.2) is 54.5 Å². The monoisotopic (exact) mass is 383 g/mol. The van der Waals surface area contributed by atoms with Crippen molar-refractivity contribution in [3.8, 4) is 0 Å². The van der Waals surface area contributed by atoms with Crippen LogP contribution in [0.15, 0.2) is 29.2 Å². The van der Waals surface area contributed by atoms with E-state index in [1.165, 1.54) is 12.1 Å². The molecule has 2 saturated carbocycles. The van der Waals surface area contributed by atoms with E-state index < -0.39 is 20.9 Å². The first-order valence-electron chi connectivity index (χ1n) is 8.47. The Morgan fingerprint density at radius 3 is 2.38 bits per heavy atom. The highest BCUT2D eigenvalue weighted by molar-refractivity contribution is 7.89. The summed E-state index contributed by atoms with van der Waals surface area (Å²) in [5.74, 6) is -0.314. The molecule has 0 aliphatic heterocycles. The van der Waals surface area contributed by atoms with Gasteiger partial charge in [0, 0.05) is 30.8 Å². The van der Waals surface area contributed by atoms with E-state index in [0.717, 1.165) is 31.5 Å². The molecule has 0 radical (unpaired) electrons. The Kier molecular flexibility index (Phi) is 5.26. The molecule has 2 fully saturated rings. The molecule has 2 aliphatic carbocycles. The molecule has 0 spiro atoms. The van der Waals surface area contributed by atoms with E-state index >= 15 is 0 Å². The molecular formula is C16H21N3O6S. The normalized spacial score (nSPS) is 22.8. The first kappa shape index (κ1) is 18.7. The van der Waals surface area contributed by atoms with Crippen LogP contribution in [0.3, 0.4) is 0 Å². The van der Waals surface area contributed by atoms with E-state index in [-0.39, 0.29) is 29.2 Å². The summed E-state index contributed by atoms with van der Waals surface area (Å²) < 4.78 is 27.3. The van der Waals surface area contributed by atoms with Crippen molar-refractivity contribution in [2.24, 2.45) is 5.92 Å². The van der Waals surface area contributed by atoms with Gasteiger partial charge in [0.15, 0.2) is 0 Å². The van der Waals surface area contributed by atoms with Crippen molar-refractivity contribution in [2.75, 3.05) is 13.1 Å². The van der Waals surface area contributed by atoms with Gasteiger partial charge >= 0.3 is 5.97 Å². The zero-order valence-corrected chi connectivity index (χ0v) is 14.9. The van der Waals surface area contributed by atoms with Crippen molar-refractivity contribution in [1.29, 1.82) is 0 Å². The minimum absolute atomic E-state index is 0.0214. The number of carboxylic acids is 1. The van der Waals surface area contributed by atoms with E-state index in [1.807, 2.05) is 4.90 Å². The second kappa shape index (κ2) is 7.29. The molecule has 3 rings (SSSR count). The van der Waals surface area contributed by atoms with Crippen LogP contribution in [-0.2, 0) is 14.8 Å². The number of carbonyl (C=O) groups is 1. The van der Waals surface area contributed by atoms with Crippen LogP contribution >= 0.6 is 0 Å². The zero-order valence-electron chi connectivity index (χ0n) is 14.1. The summed E-state index contributed by atoms with van der Waals surface area (Å²) in [7, 11) is -3.75. The first-order chi connectivity index (χ1) is 12.2. The lowest BCUT2D eigenvalue weighted by molar-refractivity contribution is -0.384. The van der Waals surface area contributed by atoms with E-state index in [4.69, 9.17) is 5.11 Å². The summed E-state index contributed by atoms with van der Waals surface area (Å²) in [6.07, 6.45) is 3.37. The summed E-state index contributed by atoms with van der Waals surface area (Å²) in [4.78, 5) is 23.0. The fourth-order valence-corrected chi connectivity index (χ4v) is 4.43. The van der Waals surface area contributed by atoms with Crippen LogP contribution in [0.2, 0.25) is 0 Å². The maximum atomic E-state index is 12.4. The van der Waals surface area contributed by atoms with Crippen molar-refractivity contribution in [3.05, 3.63) is 34.4 Å². The largest absolute Gasteiger partial charge is 0.480 e.